The third-order valence-electron chi connectivity index (χ3n) is 2.22. The SMILES string of the molecule is CCCCC#CC(O)C1CCCO1. The monoisotopic (exact) mass is 182 g/mol. The fourth-order valence-electron chi connectivity index (χ4n) is 1.39. The molecule has 0 radical (unpaired) electrons. The van der Waals surface area contributed by atoms with E-state index in [1.54, 1.807) is 0 Å². The third-order valence-corrected chi connectivity index (χ3v) is 2.22. The van der Waals surface area contributed by atoms with Crippen LogP contribution in [0.3, 0.4) is 0 Å². The van der Waals surface area contributed by atoms with Crippen molar-refractivity contribution in [2.24, 2.45) is 0 Å². The zero-order valence-electron chi connectivity index (χ0n) is 8.25. The van der Waals surface area contributed by atoms with Crippen LogP contribution in [0.1, 0.15) is 39.0 Å². The topological polar surface area (TPSA) is 29.5 Å². The molecule has 2 unspecified atom stereocenters. The Morgan fingerprint density at radius 2 is 2.46 bits per heavy atom. The van der Waals surface area contributed by atoms with Crippen molar-refractivity contribution in [2.75, 3.05) is 6.61 Å². The van der Waals surface area contributed by atoms with E-state index >= 15 is 0 Å². The van der Waals surface area contributed by atoms with Crippen LogP contribution in [-0.2, 0) is 4.74 Å². The lowest BCUT2D eigenvalue weighted by molar-refractivity contribution is 0.0272. The molecule has 0 saturated carbocycles. The predicted octanol–water partition coefficient (Wildman–Crippen LogP) is 1.72. The highest BCUT2D eigenvalue weighted by Gasteiger charge is 2.21. The van der Waals surface area contributed by atoms with Crippen molar-refractivity contribution in [3.05, 3.63) is 0 Å². The molecule has 13 heavy (non-hydrogen) atoms. The minimum atomic E-state index is -0.570. The van der Waals surface area contributed by atoms with E-state index in [-0.39, 0.29) is 6.10 Å². The van der Waals surface area contributed by atoms with Gasteiger partial charge in [-0.3, -0.25) is 0 Å². The molecule has 74 valence electrons. The molecule has 0 amide bonds. The summed E-state index contributed by atoms with van der Waals surface area (Å²) in [6.07, 6.45) is 4.56. The second kappa shape index (κ2) is 6.01. The number of aliphatic hydroxyl groups excluding tert-OH is 1. The number of hydrogen-bond acceptors (Lipinski definition) is 2. The van der Waals surface area contributed by atoms with E-state index in [9.17, 15) is 5.11 Å². The Bertz CT molecular complexity index is 184. The Morgan fingerprint density at radius 3 is 3.08 bits per heavy atom. The van der Waals surface area contributed by atoms with Crippen molar-refractivity contribution >= 4 is 0 Å². The summed E-state index contributed by atoms with van der Waals surface area (Å²) in [6.45, 7) is 2.91. The van der Waals surface area contributed by atoms with Gasteiger partial charge in [-0.2, -0.15) is 0 Å². The highest BCUT2D eigenvalue weighted by molar-refractivity contribution is 5.07. The van der Waals surface area contributed by atoms with Gasteiger partial charge in [0, 0.05) is 13.0 Å². The molecular weight excluding hydrogens is 164 g/mol. The Labute approximate surface area is 80.3 Å². The molecule has 1 heterocycles. The Kier molecular flexibility index (Phi) is 4.88. The van der Waals surface area contributed by atoms with Gasteiger partial charge in [-0.1, -0.05) is 19.3 Å². The zero-order chi connectivity index (χ0) is 9.52. The summed E-state index contributed by atoms with van der Waals surface area (Å²) in [5.74, 6) is 5.82. The summed E-state index contributed by atoms with van der Waals surface area (Å²) < 4.78 is 5.32. The lowest BCUT2D eigenvalue weighted by Crippen LogP contribution is -2.23. The first-order valence-corrected chi connectivity index (χ1v) is 5.12. The van der Waals surface area contributed by atoms with Crippen molar-refractivity contribution in [1.82, 2.24) is 0 Å². The average Bonchev–Trinajstić information content (AvgIpc) is 2.65. The Morgan fingerprint density at radius 1 is 1.62 bits per heavy atom. The first-order valence-electron chi connectivity index (χ1n) is 5.12. The quantitative estimate of drug-likeness (QED) is 0.532. The smallest absolute Gasteiger partial charge is 0.140 e. The second-order valence-corrected chi connectivity index (χ2v) is 3.42. The first-order chi connectivity index (χ1) is 6.34. The number of hydrogen-bond donors (Lipinski definition) is 1. The van der Waals surface area contributed by atoms with Crippen molar-refractivity contribution in [3.63, 3.8) is 0 Å². The maximum atomic E-state index is 9.55. The summed E-state index contributed by atoms with van der Waals surface area (Å²) in [7, 11) is 0. The summed E-state index contributed by atoms with van der Waals surface area (Å²) in [5.41, 5.74) is 0. The van der Waals surface area contributed by atoms with Gasteiger partial charge in [0.2, 0.25) is 0 Å². The van der Waals surface area contributed by atoms with Gasteiger partial charge in [0.15, 0.2) is 0 Å². The molecule has 2 nitrogen and oxygen atoms in total. The van der Waals surface area contributed by atoms with E-state index in [4.69, 9.17) is 4.74 Å². The van der Waals surface area contributed by atoms with E-state index in [0.717, 1.165) is 38.7 Å². The highest BCUT2D eigenvalue weighted by atomic mass is 16.5. The van der Waals surface area contributed by atoms with Gasteiger partial charge in [0.1, 0.15) is 6.10 Å². The Hall–Kier alpha value is -0.520. The van der Waals surface area contributed by atoms with Crippen molar-refractivity contribution in [3.8, 4) is 11.8 Å². The molecule has 1 N–H and O–H groups in total. The average molecular weight is 182 g/mol. The van der Waals surface area contributed by atoms with Crippen molar-refractivity contribution in [2.45, 2.75) is 51.2 Å². The van der Waals surface area contributed by atoms with Crippen molar-refractivity contribution < 1.29 is 9.84 Å². The van der Waals surface area contributed by atoms with Gasteiger partial charge in [-0.05, 0) is 19.3 Å². The molecule has 1 saturated heterocycles. The van der Waals surface area contributed by atoms with Gasteiger partial charge in [0.25, 0.3) is 0 Å². The van der Waals surface area contributed by atoms with E-state index < -0.39 is 6.10 Å². The molecule has 1 aliphatic heterocycles. The molecule has 0 bridgehead atoms. The first kappa shape index (κ1) is 10.6. The summed E-state index contributed by atoms with van der Waals surface area (Å²) in [6, 6.07) is 0. The largest absolute Gasteiger partial charge is 0.378 e. The minimum absolute atomic E-state index is 0.0332. The molecule has 1 aliphatic rings. The van der Waals surface area contributed by atoms with E-state index in [1.165, 1.54) is 0 Å². The summed E-state index contributed by atoms with van der Waals surface area (Å²) in [5, 5.41) is 9.55. The molecule has 0 spiro atoms. The lowest BCUT2D eigenvalue weighted by Gasteiger charge is -2.10. The highest BCUT2D eigenvalue weighted by Crippen LogP contribution is 2.14. The fraction of sp³-hybridized carbons (Fsp3) is 0.818. The second-order valence-electron chi connectivity index (χ2n) is 3.42. The van der Waals surface area contributed by atoms with Crippen LogP contribution >= 0.6 is 0 Å². The van der Waals surface area contributed by atoms with Gasteiger partial charge < -0.3 is 9.84 Å². The molecular formula is C11H18O2. The molecule has 1 fully saturated rings. The van der Waals surface area contributed by atoms with Crippen LogP contribution in [0.25, 0.3) is 0 Å². The van der Waals surface area contributed by atoms with Crippen LogP contribution in [0, 0.1) is 11.8 Å². The number of rotatable bonds is 3. The van der Waals surface area contributed by atoms with Crippen LogP contribution in [0.5, 0.6) is 0 Å². The van der Waals surface area contributed by atoms with E-state index in [0.29, 0.717) is 0 Å². The zero-order valence-corrected chi connectivity index (χ0v) is 8.25. The lowest BCUT2D eigenvalue weighted by atomic mass is 10.1. The van der Waals surface area contributed by atoms with E-state index in [1.807, 2.05) is 0 Å². The molecule has 0 aliphatic carbocycles. The molecule has 0 aromatic carbocycles. The minimum Gasteiger partial charge on any atom is -0.378 e. The van der Waals surface area contributed by atoms with Crippen LogP contribution < -0.4 is 0 Å². The fourth-order valence-corrected chi connectivity index (χ4v) is 1.39. The predicted molar refractivity (Wildman–Crippen MR) is 52.3 cm³/mol. The molecule has 0 aromatic rings. The van der Waals surface area contributed by atoms with Gasteiger partial charge in [-0.15, -0.1) is 5.92 Å². The number of ether oxygens (including phenoxy) is 1. The molecule has 0 aromatic heterocycles. The summed E-state index contributed by atoms with van der Waals surface area (Å²) >= 11 is 0. The summed E-state index contributed by atoms with van der Waals surface area (Å²) in [4.78, 5) is 0. The van der Waals surface area contributed by atoms with Gasteiger partial charge in [-0.25, -0.2) is 0 Å². The molecule has 2 atom stereocenters. The molecule has 2 heteroatoms. The Balaban J connectivity index is 2.20. The van der Waals surface area contributed by atoms with Gasteiger partial charge >= 0.3 is 0 Å². The van der Waals surface area contributed by atoms with Crippen LogP contribution in [-0.4, -0.2) is 23.9 Å². The third kappa shape index (κ3) is 3.80. The van der Waals surface area contributed by atoms with Crippen LogP contribution in [0.15, 0.2) is 0 Å². The normalized spacial score (nSPS) is 23.7. The maximum absolute atomic E-state index is 9.55. The van der Waals surface area contributed by atoms with Crippen LogP contribution in [0.4, 0.5) is 0 Å². The van der Waals surface area contributed by atoms with E-state index in [2.05, 4.69) is 18.8 Å². The van der Waals surface area contributed by atoms with Gasteiger partial charge in [0.05, 0.1) is 6.10 Å². The van der Waals surface area contributed by atoms with Crippen molar-refractivity contribution in [1.29, 1.82) is 0 Å². The molecule has 1 rings (SSSR count). The number of aliphatic hydroxyl groups is 1. The van der Waals surface area contributed by atoms with Crippen LogP contribution in [0.2, 0.25) is 0 Å². The standard InChI is InChI=1S/C11H18O2/c1-2-3-4-5-7-10(12)11-8-6-9-13-11/h10-12H,2-4,6,8-9H2,1H3. The maximum Gasteiger partial charge on any atom is 0.140 e. The number of unbranched alkanes of at least 4 members (excludes halogenated alkanes) is 2.